The number of hydrogen-bond acceptors (Lipinski definition) is 5. The highest BCUT2D eigenvalue weighted by Gasteiger charge is 2.21. The van der Waals surface area contributed by atoms with Crippen molar-refractivity contribution in [2.75, 3.05) is 25.5 Å². The molecule has 6 heteroatoms. The van der Waals surface area contributed by atoms with Gasteiger partial charge in [0.15, 0.2) is 0 Å². The predicted molar refractivity (Wildman–Crippen MR) is 121 cm³/mol. The van der Waals surface area contributed by atoms with Crippen molar-refractivity contribution >= 4 is 17.3 Å². The molecule has 0 bridgehead atoms. The molecule has 1 saturated heterocycles. The van der Waals surface area contributed by atoms with Crippen LogP contribution in [0.4, 0.5) is 5.69 Å². The predicted octanol–water partition coefficient (Wildman–Crippen LogP) is 4.11. The third kappa shape index (κ3) is 4.94. The molecule has 2 N–H and O–H groups in total. The number of nitrogens with one attached hydrogen (secondary N) is 2. The first-order valence-corrected chi connectivity index (χ1v) is 10.6. The molecule has 2 aromatic rings. The van der Waals surface area contributed by atoms with E-state index in [-0.39, 0.29) is 11.9 Å². The molecule has 1 unspecified atom stereocenters. The summed E-state index contributed by atoms with van der Waals surface area (Å²) in [4.78, 5) is 23.7. The van der Waals surface area contributed by atoms with E-state index in [0.717, 1.165) is 30.0 Å². The summed E-state index contributed by atoms with van der Waals surface area (Å²) in [5, 5.41) is 6.31. The standard InChI is InChI=1S/C24H29N5O/c1-17(25-11-12-26-22-15-29(2)16-22)19-7-4-8-21(13-19)28-24(30)20-9-10-23(27-14-20)18-5-3-6-18/h4,7-14,17-18,25H,3,5-6,15-16H2,1-2H3,(H,28,30). The van der Waals surface area contributed by atoms with Crippen LogP contribution in [0.25, 0.3) is 0 Å². The number of nitrogens with zero attached hydrogens (tertiary/aromatic N) is 3. The molecule has 2 heterocycles. The highest BCUT2D eigenvalue weighted by atomic mass is 16.1. The minimum atomic E-state index is -0.137. The monoisotopic (exact) mass is 403 g/mol. The Bertz CT molecular complexity index is 938. The number of benzene rings is 1. The Kier molecular flexibility index (Phi) is 6.23. The molecule has 156 valence electrons. The van der Waals surface area contributed by atoms with Gasteiger partial charge in [-0.1, -0.05) is 18.6 Å². The third-order valence-corrected chi connectivity index (χ3v) is 5.80. The molecule has 2 aliphatic rings. The minimum Gasteiger partial charge on any atom is -0.383 e. The van der Waals surface area contributed by atoms with Crippen LogP contribution in [-0.2, 0) is 0 Å². The van der Waals surface area contributed by atoms with Gasteiger partial charge < -0.3 is 10.6 Å². The lowest BCUT2D eigenvalue weighted by atomic mass is 9.82. The first-order chi connectivity index (χ1) is 14.6. The second kappa shape index (κ2) is 9.22. The van der Waals surface area contributed by atoms with Crippen LogP contribution in [0.5, 0.6) is 0 Å². The van der Waals surface area contributed by atoms with E-state index in [2.05, 4.69) is 39.5 Å². The number of anilines is 1. The Morgan fingerprint density at radius 2 is 2.10 bits per heavy atom. The average Bonchev–Trinajstić information content (AvgIpc) is 2.69. The topological polar surface area (TPSA) is 69.6 Å². The van der Waals surface area contributed by atoms with Gasteiger partial charge in [0.1, 0.15) is 0 Å². The Labute approximate surface area is 178 Å². The lowest BCUT2D eigenvalue weighted by Crippen LogP contribution is -2.44. The molecule has 4 rings (SSSR count). The van der Waals surface area contributed by atoms with E-state index in [1.165, 1.54) is 25.0 Å². The first-order valence-electron chi connectivity index (χ1n) is 10.6. The number of aliphatic imine (C=N–C) groups is 1. The maximum absolute atomic E-state index is 12.6. The average molecular weight is 404 g/mol. The molecule has 30 heavy (non-hydrogen) atoms. The fraction of sp³-hybridized carbons (Fsp3) is 0.375. The zero-order chi connectivity index (χ0) is 20.9. The molecule has 1 aromatic heterocycles. The van der Waals surface area contributed by atoms with Crippen LogP contribution in [0, 0.1) is 0 Å². The van der Waals surface area contributed by atoms with Crippen LogP contribution in [0.3, 0.4) is 0 Å². The van der Waals surface area contributed by atoms with Gasteiger partial charge in [-0.25, -0.2) is 0 Å². The maximum atomic E-state index is 12.6. The summed E-state index contributed by atoms with van der Waals surface area (Å²) in [6.07, 6.45) is 9.06. The molecule has 1 aliphatic carbocycles. The smallest absolute Gasteiger partial charge is 0.257 e. The summed E-state index contributed by atoms with van der Waals surface area (Å²) < 4.78 is 0. The highest BCUT2D eigenvalue weighted by Crippen LogP contribution is 2.35. The van der Waals surface area contributed by atoms with Crippen LogP contribution in [-0.4, -0.2) is 41.6 Å². The molecule has 1 amide bonds. The fourth-order valence-electron chi connectivity index (χ4n) is 3.66. The van der Waals surface area contributed by atoms with Crippen LogP contribution in [0.15, 0.2) is 60.0 Å². The van der Waals surface area contributed by atoms with Gasteiger partial charge in [-0.3, -0.25) is 19.7 Å². The number of aromatic nitrogens is 1. The van der Waals surface area contributed by atoms with Crippen molar-refractivity contribution in [3.63, 3.8) is 0 Å². The lowest BCUT2D eigenvalue weighted by molar-refractivity contribution is 0.102. The van der Waals surface area contributed by atoms with E-state index in [1.807, 2.05) is 48.8 Å². The molecule has 1 saturated carbocycles. The third-order valence-electron chi connectivity index (χ3n) is 5.80. The van der Waals surface area contributed by atoms with Crippen molar-refractivity contribution < 1.29 is 4.79 Å². The number of pyridine rings is 1. The summed E-state index contributed by atoms with van der Waals surface area (Å²) in [5.74, 6) is 0.435. The molecule has 0 spiro atoms. The van der Waals surface area contributed by atoms with E-state index in [0.29, 0.717) is 11.5 Å². The molecular formula is C24H29N5O. The van der Waals surface area contributed by atoms with E-state index >= 15 is 0 Å². The van der Waals surface area contributed by atoms with Gasteiger partial charge in [0.05, 0.1) is 5.56 Å². The van der Waals surface area contributed by atoms with Crippen LogP contribution >= 0.6 is 0 Å². The zero-order valence-corrected chi connectivity index (χ0v) is 17.6. The molecular weight excluding hydrogens is 374 g/mol. The minimum absolute atomic E-state index is 0.103. The van der Waals surface area contributed by atoms with Gasteiger partial charge >= 0.3 is 0 Å². The summed E-state index contributed by atoms with van der Waals surface area (Å²) >= 11 is 0. The maximum Gasteiger partial charge on any atom is 0.257 e. The van der Waals surface area contributed by atoms with E-state index < -0.39 is 0 Å². The molecule has 1 atom stereocenters. The summed E-state index contributed by atoms with van der Waals surface area (Å²) in [6.45, 7) is 3.97. The van der Waals surface area contributed by atoms with Crippen molar-refractivity contribution in [3.05, 3.63) is 71.8 Å². The molecule has 1 aromatic carbocycles. The van der Waals surface area contributed by atoms with Crippen molar-refractivity contribution in [1.82, 2.24) is 15.2 Å². The summed E-state index contributed by atoms with van der Waals surface area (Å²) in [7, 11) is 2.08. The van der Waals surface area contributed by atoms with Gasteiger partial charge in [-0.05, 0) is 56.6 Å². The molecule has 1 aliphatic heterocycles. The number of hydrogen-bond donors (Lipinski definition) is 2. The number of likely N-dealkylation sites (tertiary alicyclic amines) is 1. The van der Waals surface area contributed by atoms with Crippen LogP contribution in [0.1, 0.15) is 59.8 Å². The Balaban J connectivity index is 1.32. The second-order valence-electron chi connectivity index (χ2n) is 8.25. The van der Waals surface area contributed by atoms with Crippen molar-refractivity contribution in [1.29, 1.82) is 0 Å². The van der Waals surface area contributed by atoms with E-state index in [1.54, 1.807) is 6.20 Å². The van der Waals surface area contributed by atoms with E-state index in [4.69, 9.17) is 0 Å². The quantitative estimate of drug-likeness (QED) is 0.730. The zero-order valence-electron chi connectivity index (χ0n) is 17.6. The SMILES string of the molecule is CC(NC=CN=C1CN(C)C1)c1cccc(NC(=O)c2ccc(C3CCC3)nc2)c1. The first kappa shape index (κ1) is 20.3. The highest BCUT2D eigenvalue weighted by molar-refractivity contribution is 6.04. The lowest BCUT2D eigenvalue weighted by Gasteiger charge is -2.27. The fourth-order valence-corrected chi connectivity index (χ4v) is 3.66. The summed E-state index contributed by atoms with van der Waals surface area (Å²) in [5.41, 5.74) is 4.74. The largest absolute Gasteiger partial charge is 0.383 e. The van der Waals surface area contributed by atoms with E-state index in [9.17, 15) is 4.79 Å². The number of carbonyl (C=O) groups is 1. The summed E-state index contributed by atoms with van der Waals surface area (Å²) in [6, 6.07) is 11.9. The molecule has 6 nitrogen and oxygen atoms in total. The van der Waals surface area contributed by atoms with Gasteiger partial charge in [0, 0.05) is 60.7 Å². The number of carbonyl (C=O) groups excluding carboxylic acids is 1. The van der Waals surface area contributed by atoms with Gasteiger partial charge in [0.25, 0.3) is 5.91 Å². The Hall–Kier alpha value is -2.99. The second-order valence-corrected chi connectivity index (χ2v) is 8.25. The molecule has 2 fully saturated rings. The Morgan fingerprint density at radius 1 is 1.27 bits per heavy atom. The Morgan fingerprint density at radius 3 is 2.77 bits per heavy atom. The van der Waals surface area contributed by atoms with Gasteiger partial charge in [-0.15, -0.1) is 0 Å². The van der Waals surface area contributed by atoms with Crippen LogP contribution in [0.2, 0.25) is 0 Å². The van der Waals surface area contributed by atoms with Crippen molar-refractivity contribution in [2.45, 2.75) is 38.1 Å². The number of rotatable bonds is 7. The van der Waals surface area contributed by atoms with Gasteiger partial charge in [-0.2, -0.15) is 0 Å². The van der Waals surface area contributed by atoms with Crippen LogP contribution < -0.4 is 10.6 Å². The van der Waals surface area contributed by atoms with Crippen molar-refractivity contribution in [2.24, 2.45) is 4.99 Å². The molecule has 0 radical (unpaired) electrons. The van der Waals surface area contributed by atoms with Crippen molar-refractivity contribution in [3.8, 4) is 0 Å². The normalized spacial score (nSPS) is 17.9. The number of amides is 1. The van der Waals surface area contributed by atoms with Gasteiger partial charge in [0.2, 0.25) is 0 Å².